The summed E-state index contributed by atoms with van der Waals surface area (Å²) in [6.07, 6.45) is 3.78. The Morgan fingerprint density at radius 3 is 2.95 bits per heavy atom. The van der Waals surface area contributed by atoms with Crippen molar-refractivity contribution < 1.29 is 9.53 Å². The van der Waals surface area contributed by atoms with Crippen LogP contribution < -0.4 is 5.73 Å². The Morgan fingerprint density at radius 1 is 1.48 bits per heavy atom. The molecule has 1 aromatic rings. The molecule has 2 atom stereocenters. The van der Waals surface area contributed by atoms with Gasteiger partial charge in [0.05, 0.1) is 6.61 Å². The first-order chi connectivity index (χ1) is 10.1. The van der Waals surface area contributed by atoms with Crippen LogP contribution in [-0.4, -0.2) is 23.9 Å². The summed E-state index contributed by atoms with van der Waals surface area (Å²) in [7, 11) is 0. The minimum Gasteiger partial charge on any atom is -0.465 e. The van der Waals surface area contributed by atoms with Crippen molar-refractivity contribution in [2.75, 3.05) is 12.4 Å². The Bertz CT molecular complexity index is 491. The van der Waals surface area contributed by atoms with E-state index in [1.54, 1.807) is 0 Å². The molecule has 1 aliphatic carbocycles. The number of nitrogens with two attached hydrogens (primary N) is 1. The van der Waals surface area contributed by atoms with Gasteiger partial charge in [0.2, 0.25) is 0 Å². The highest BCUT2D eigenvalue weighted by Gasteiger charge is 2.46. The molecule has 1 aliphatic rings. The molecule has 0 heterocycles. The molecule has 0 spiro atoms. The molecule has 0 aromatic heterocycles. The first-order valence-corrected chi connectivity index (χ1v) is 8.71. The van der Waals surface area contributed by atoms with E-state index in [4.69, 9.17) is 10.5 Å². The van der Waals surface area contributed by atoms with Crippen molar-refractivity contribution in [3.63, 3.8) is 0 Å². The van der Waals surface area contributed by atoms with Gasteiger partial charge in [-0.25, -0.2) is 0 Å². The molecule has 0 saturated heterocycles. The summed E-state index contributed by atoms with van der Waals surface area (Å²) < 4.78 is 5.17. The van der Waals surface area contributed by atoms with E-state index in [-0.39, 0.29) is 11.9 Å². The first kappa shape index (κ1) is 16.4. The molecule has 0 aliphatic heterocycles. The minimum atomic E-state index is -0.762. The standard InChI is InChI=1S/C17H25NO2S/c1-3-20-16(19)17(18)11-6-8-14(17)10-12-21-15-9-5-4-7-13(15)2/h4-5,7,9,14H,3,6,8,10-12,18H2,1-2H3. The topological polar surface area (TPSA) is 52.3 Å². The summed E-state index contributed by atoms with van der Waals surface area (Å²) in [4.78, 5) is 13.4. The van der Waals surface area contributed by atoms with E-state index in [0.29, 0.717) is 6.61 Å². The number of ether oxygens (including phenoxy) is 1. The molecule has 0 amide bonds. The average molecular weight is 307 g/mol. The third-order valence-corrected chi connectivity index (χ3v) is 5.55. The molecule has 0 bridgehead atoms. The molecule has 2 unspecified atom stereocenters. The van der Waals surface area contributed by atoms with Gasteiger partial charge in [-0.1, -0.05) is 24.6 Å². The zero-order valence-electron chi connectivity index (χ0n) is 12.9. The lowest BCUT2D eigenvalue weighted by Crippen LogP contribution is -2.52. The van der Waals surface area contributed by atoms with E-state index < -0.39 is 5.54 Å². The number of benzene rings is 1. The van der Waals surface area contributed by atoms with Crippen molar-refractivity contribution in [3.05, 3.63) is 29.8 Å². The van der Waals surface area contributed by atoms with Gasteiger partial charge in [-0.2, -0.15) is 0 Å². The normalized spacial score (nSPS) is 25.0. The van der Waals surface area contributed by atoms with Crippen LogP contribution in [0.2, 0.25) is 0 Å². The van der Waals surface area contributed by atoms with E-state index in [1.165, 1.54) is 10.5 Å². The molecular weight excluding hydrogens is 282 g/mol. The Hall–Kier alpha value is -1.00. The van der Waals surface area contributed by atoms with Crippen LogP contribution in [0.1, 0.15) is 38.2 Å². The predicted octanol–water partition coefficient (Wildman–Crippen LogP) is 3.54. The molecule has 1 aromatic carbocycles. The van der Waals surface area contributed by atoms with Crippen molar-refractivity contribution in [3.8, 4) is 0 Å². The van der Waals surface area contributed by atoms with Crippen molar-refractivity contribution in [1.29, 1.82) is 0 Å². The number of esters is 1. The van der Waals surface area contributed by atoms with Crippen LogP contribution in [-0.2, 0) is 9.53 Å². The van der Waals surface area contributed by atoms with Crippen LogP contribution in [0.15, 0.2) is 29.2 Å². The smallest absolute Gasteiger partial charge is 0.326 e. The lowest BCUT2D eigenvalue weighted by atomic mass is 9.86. The third-order valence-electron chi connectivity index (χ3n) is 4.34. The monoisotopic (exact) mass is 307 g/mol. The summed E-state index contributed by atoms with van der Waals surface area (Å²) >= 11 is 1.85. The zero-order chi connectivity index (χ0) is 15.3. The Morgan fingerprint density at radius 2 is 2.24 bits per heavy atom. The quantitative estimate of drug-likeness (QED) is 0.645. The highest BCUT2D eigenvalue weighted by Crippen LogP contribution is 2.38. The fourth-order valence-electron chi connectivity index (χ4n) is 3.07. The highest BCUT2D eigenvalue weighted by atomic mass is 32.2. The molecule has 1 fully saturated rings. The fourth-order valence-corrected chi connectivity index (χ4v) is 4.16. The van der Waals surface area contributed by atoms with E-state index in [2.05, 4.69) is 31.2 Å². The summed E-state index contributed by atoms with van der Waals surface area (Å²) in [5.41, 5.74) is 6.90. The minimum absolute atomic E-state index is 0.214. The van der Waals surface area contributed by atoms with E-state index in [0.717, 1.165) is 31.4 Å². The van der Waals surface area contributed by atoms with E-state index >= 15 is 0 Å². The van der Waals surface area contributed by atoms with Crippen molar-refractivity contribution in [2.24, 2.45) is 11.7 Å². The molecule has 4 heteroatoms. The summed E-state index contributed by atoms with van der Waals surface area (Å²) in [5.74, 6) is 1.02. The van der Waals surface area contributed by atoms with Gasteiger partial charge >= 0.3 is 5.97 Å². The zero-order valence-corrected chi connectivity index (χ0v) is 13.7. The number of rotatable bonds is 6. The molecule has 2 rings (SSSR count). The Labute approximate surface area is 131 Å². The second kappa shape index (κ2) is 7.32. The summed E-state index contributed by atoms with van der Waals surface area (Å²) in [6.45, 7) is 4.37. The molecule has 3 nitrogen and oxygen atoms in total. The highest BCUT2D eigenvalue weighted by molar-refractivity contribution is 7.99. The van der Waals surface area contributed by atoms with Crippen LogP contribution >= 0.6 is 11.8 Å². The molecule has 116 valence electrons. The predicted molar refractivity (Wildman–Crippen MR) is 87.4 cm³/mol. The van der Waals surface area contributed by atoms with Gasteiger partial charge in [0.25, 0.3) is 0 Å². The molecule has 21 heavy (non-hydrogen) atoms. The van der Waals surface area contributed by atoms with Gasteiger partial charge in [0, 0.05) is 4.90 Å². The van der Waals surface area contributed by atoms with Crippen LogP contribution in [0.4, 0.5) is 0 Å². The third kappa shape index (κ3) is 3.80. The van der Waals surface area contributed by atoms with Gasteiger partial charge in [-0.15, -0.1) is 11.8 Å². The molecule has 2 N–H and O–H groups in total. The number of carbonyl (C=O) groups is 1. The summed E-state index contributed by atoms with van der Waals surface area (Å²) in [6, 6.07) is 8.40. The fraction of sp³-hybridized carbons (Fsp3) is 0.588. The maximum atomic E-state index is 12.1. The number of hydrogen-bond donors (Lipinski definition) is 1. The van der Waals surface area contributed by atoms with Crippen LogP contribution in [0.5, 0.6) is 0 Å². The van der Waals surface area contributed by atoms with Crippen molar-refractivity contribution in [2.45, 2.75) is 50.0 Å². The number of carbonyl (C=O) groups excluding carboxylic acids is 1. The Balaban J connectivity index is 1.90. The van der Waals surface area contributed by atoms with Gasteiger partial charge < -0.3 is 10.5 Å². The number of aryl methyl sites for hydroxylation is 1. The lowest BCUT2D eigenvalue weighted by molar-refractivity contribution is -0.151. The van der Waals surface area contributed by atoms with Crippen LogP contribution in [0, 0.1) is 12.8 Å². The molecule has 1 saturated carbocycles. The summed E-state index contributed by atoms with van der Waals surface area (Å²) in [5, 5.41) is 0. The van der Waals surface area contributed by atoms with Crippen molar-refractivity contribution >= 4 is 17.7 Å². The molecule has 0 radical (unpaired) electrons. The second-order valence-electron chi connectivity index (χ2n) is 5.75. The van der Waals surface area contributed by atoms with Crippen LogP contribution in [0.3, 0.4) is 0 Å². The lowest BCUT2D eigenvalue weighted by Gasteiger charge is -2.29. The largest absolute Gasteiger partial charge is 0.465 e. The Kier molecular flexibility index (Phi) is 5.71. The second-order valence-corrected chi connectivity index (χ2v) is 6.89. The maximum absolute atomic E-state index is 12.1. The number of hydrogen-bond acceptors (Lipinski definition) is 4. The van der Waals surface area contributed by atoms with Gasteiger partial charge in [0.15, 0.2) is 0 Å². The van der Waals surface area contributed by atoms with Crippen LogP contribution in [0.25, 0.3) is 0 Å². The van der Waals surface area contributed by atoms with E-state index in [1.807, 2.05) is 18.7 Å². The number of thioether (sulfide) groups is 1. The van der Waals surface area contributed by atoms with Gasteiger partial charge in [0.1, 0.15) is 5.54 Å². The van der Waals surface area contributed by atoms with Gasteiger partial charge in [-0.05, 0) is 56.4 Å². The first-order valence-electron chi connectivity index (χ1n) is 7.72. The van der Waals surface area contributed by atoms with E-state index in [9.17, 15) is 4.79 Å². The van der Waals surface area contributed by atoms with Gasteiger partial charge in [-0.3, -0.25) is 4.79 Å². The molecular formula is C17H25NO2S. The van der Waals surface area contributed by atoms with Crippen molar-refractivity contribution in [1.82, 2.24) is 0 Å². The maximum Gasteiger partial charge on any atom is 0.326 e. The average Bonchev–Trinajstić information content (AvgIpc) is 2.84. The SMILES string of the molecule is CCOC(=O)C1(N)CCCC1CCSc1ccccc1C.